The van der Waals surface area contributed by atoms with Crippen LogP contribution in [-0.2, 0) is 15.9 Å². The summed E-state index contributed by atoms with van der Waals surface area (Å²) in [6.07, 6.45) is 2.88. The van der Waals surface area contributed by atoms with Crippen molar-refractivity contribution in [1.29, 1.82) is 0 Å². The lowest BCUT2D eigenvalue weighted by Crippen LogP contribution is -2.53. The number of amides is 1. The minimum Gasteiger partial charge on any atom is -0.467 e. The van der Waals surface area contributed by atoms with Gasteiger partial charge in [-0.3, -0.25) is 4.90 Å². The van der Waals surface area contributed by atoms with E-state index in [2.05, 4.69) is 48.3 Å². The number of methoxy groups -OCH3 is 1. The van der Waals surface area contributed by atoms with Crippen LogP contribution in [0.4, 0.5) is 4.79 Å². The molecule has 0 aromatic heterocycles. The van der Waals surface area contributed by atoms with Gasteiger partial charge in [-0.05, 0) is 66.4 Å². The summed E-state index contributed by atoms with van der Waals surface area (Å²) in [5.74, 6) is 1.31. The Morgan fingerprint density at radius 3 is 2.67 bits per heavy atom. The van der Waals surface area contributed by atoms with Crippen molar-refractivity contribution in [2.24, 2.45) is 11.3 Å². The second kappa shape index (κ2) is 8.99. The number of hydrogen-bond donors (Lipinski definition) is 1. The molecule has 3 aliphatic heterocycles. The summed E-state index contributed by atoms with van der Waals surface area (Å²) in [5, 5.41) is 3.21. The molecule has 0 radical (unpaired) electrons. The Labute approximate surface area is 196 Å². The molecule has 0 spiro atoms. The van der Waals surface area contributed by atoms with E-state index in [-0.39, 0.29) is 30.4 Å². The minimum atomic E-state index is -0.290. The third-order valence-electron chi connectivity index (χ3n) is 7.53. The van der Waals surface area contributed by atoms with Gasteiger partial charge in [0.2, 0.25) is 0 Å². The van der Waals surface area contributed by atoms with Crippen molar-refractivity contribution in [3.05, 3.63) is 53.6 Å². The van der Waals surface area contributed by atoms with Crippen molar-refractivity contribution < 1.29 is 19.0 Å². The Balaban J connectivity index is 1.33. The molecule has 1 N–H and O–H groups in total. The Kier molecular flexibility index (Phi) is 6.06. The maximum absolute atomic E-state index is 12.9. The number of nitrogens with zero attached hydrogens (tertiary/aromatic N) is 1. The number of para-hydroxylation sites is 1. The first-order chi connectivity index (χ1) is 15.9. The van der Waals surface area contributed by atoms with Crippen LogP contribution < -0.4 is 10.1 Å². The number of rotatable bonds is 6. The zero-order chi connectivity index (χ0) is 23.0. The monoisotopic (exact) mass is 450 g/mol. The van der Waals surface area contributed by atoms with Gasteiger partial charge in [-0.2, -0.15) is 0 Å². The van der Waals surface area contributed by atoms with Crippen LogP contribution in [-0.4, -0.2) is 50.6 Å². The number of carbonyl (C=O) groups excluding carboxylic acids is 1. The number of alkyl carbamates (subject to hydrolysis) is 1. The van der Waals surface area contributed by atoms with Crippen molar-refractivity contribution in [2.45, 2.75) is 45.3 Å². The predicted molar refractivity (Wildman–Crippen MR) is 127 cm³/mol. The van der Waals surface area contributed by atoms with Crippen LogP contribution in [0.2, 0.25) is 0 Å². The third kappa shape index (κ3) is 4.46. The topological polar surface area (TPSA) is 60.0 Å². The maximum Gasteiger partial charge on any atom is 0.407 e. The minimum absolute atomic E-state index is 0.0162. The van der Waals surface area contributed by atoms with Gasteiger partial charge in [0.1, 0.15) is 11.9 Å². The van der Waals surface area contributed by atoms with Gasteiger partial charge in [0, 0.05) is 19.2 Å². The van der Waals surface area contributed by atoms with Crippen LogP contribution in [0.1, 0.15) is 43.9 Å². The van der Waals surface area contributed by atoms with Crippen molar-refractivity contribution in [3.63, 3.8) is 0 Å². The fourth-order valence-corrected chi connectivity index (χ4v) is 5.78. The first-order valence-corrected chi connectivity index (χ1v) is 12.0. The molecule has 3 saturated heterocycles. The molecule has 3 heterocycles. The van der Waals surface area contributed by atoms with E-state index in [1.807, 2.05) is 18.2 Å². The summed E-state index contributed by atoms with van der Waals surface area (Å²) in [6, 6.07) is 14.4. The number of hydrogen-bond acceptors (Lipinski definition) is 5. The highest BCUT2D eigenvalue weighted by Gasteiger charge is 2.42. The van der Waals surface area contributed by atoms with Gasteiger partial charge in [0.25, 0.3) is 0 Å². The van der Waals surface area contributed by atoms with Gasteiger partial charge in [0.05, 0.1) is 6.04 Å². The molecule has 2 bridgehead atoms. The molecule has 3 fully saturated rings. The van der Waals surface area contributed by atoms with Gasteiger partial charge in [-0.25, -0.2) is 4.79 Å². The molecule has 1 aliphatic carbocycles. The van der Waals surface area contributed by atoms with Crippen molar-refractivity contribution >= 4 is 6.09 Å². The zero-order valence-corrected chi connectivity index (χ0v) is 19.8. The van der Waals surface area contributed by atoms with Crippen molar-refractivity contribution in [3.8, 4) is 16.9 Å². The van der Waals surface area contributed by atoms with Crippen molar-refractivity contribution in [1.82, 2.24) is 10.2 Å². The molecule has 176 valence electrons. The summed E-state index contributed by atoms with van der Waals surface area (Å²) < 4.78 is 16.8. The van der Waals surface area contributed by atoms with E-state index in [9.17, 15) is 4.79 Å². The van der Waals surface area contributed by atoms with Gasteiger partial charge in [-0.15, -0.1) is 0 Å². The Morgan fingerprint density at radius 2 is 1.94 bits per heavy atom. The molecule has 33 heavy (non-hydrogen) atoms. The Morgan fingerprint density at radius 1 is 1.15 bits per heavy atom. The summed E-state index contributed by atoms with van der Waals surface area (Å²) in [5.41, 5.74) is 4.47. The van der Waals surface area contributed by atoms with Gasteiger partial charge in [-0.1, -0.05) is 50.2 Å². The average molecular weight is 451 g/mol. The van der Waals surface area contributed by atoms with Gasteiger partial charge >= 0.3 is 6.09 Å². The molecule has 6 heteroatoms. The molecule has 2 aromatic carbocycles. The van der Waals surface area contributed by atoms with E-state index in [4.69, 9.17) is 14.2 Å². The molecule has 6 nitrogen and oxygen atoms in total. The lowest BCUT2D eigenvalue weighted by molar-refractivity contribution is -0.0348. The Hall–Kier alpha value is -2.57. The number of fused-ring (bicyclic) bond motifs is 4. The molecule has 2 aromatic rings. The van der Waals surface area contributed by atoms with E-state index in [1.54, 1.807) is 7.11 Å². The zero-order valence-electron chi connectivity index (χ0n) is 19.8. The SMILES string of the molecule is COCOc1ccccc1-c1ccc2c(c1)CC(C)(C)C2NC(=O)O[C@@H]1CN2CCC1CC2. The standard InChI is InChI=1S/C27H34N2O4/c1-27(2)15-20-14-19(21-6-4-5-7-23(21)32-17-31-3)8-9-22(20)25(27)28-26(30)33-24-16-29-12-10-18(24)11-13-29/h4-9,14,18,24-25H,10-13,15-17H2,1-3H3,(H,28,30)/t24-,25?/m1/s1. The molecular formula is C27H34N2O4. The third-order valence-corrected chi connectivity index (χ3v) is 7.53. The van der Waals surface area contributed by atoms with E-state index in [0.717, 1.165) is 55.8 Å². The van der Waals surface area contributed by atoms with Crippen LogP contribution in [0.25, 0.3) is 11.1 Å². The molecule has 4 aliphatic rings. The molecule has 1 unspecified atom stereocenters. The predicted octanol–water partition coefficient (Wildman–Crippen LogP) is 4.78. The molecule has 0 saturated carbocycles. The molecular weight excluding hydrogens is 416 g/mol. The van der Waals surface area contributed by atoms with E-state index >= 15 is 0 Å². The summed E-state index contributed by atoms with van der Waals surface area (Å²) in [7, 11) is 1.62. The second-order valence-corrected chi connectivity index (χ2v) is 10.3. The lowest BCUT2D eigenvalue weighted by atomic mass is 9.85. The smallest absolute Gasteiger partial charge is 0.407 e. The van der Waals surface area contributed by atoms with Crippen LogP contribution in [0.3, 0.4) is 0 Å². The van der Waals surface area contributed by atoms with E-state index in [1.165, 1.54) is 11.1 Å². The quantitative estimate of drug-likeness (QED) is 0.642. The number of piperidine rings is 3. The number of carbonyl (C=O) groups is 1. The number of nitrogens with one attached hydrogen (secondary N) is 1. The highest BCUT2D eigenvalue weighted by molar-refractivity contribution is 5.73. The lowest BCUT2D eigenvalue weighted by Gasteiger charge is -2.44. The Bertz CT molecular complexity index is 1010. The van der Waals surface area contributed by atoms with Crippen LogP contribution in [0.5, 0.6) is 5.75 Å². The molecule has 2 atom stereocenters. The fraction of sp³-hybridized carbons (Fsp3) is 0.519. The number of benzene rings is 2. The highest BCUT2D eigenvalue weighted by Crippen LogP contribution is 2.47. The maximum atomic E-state index is 12.9. The molecule has 1 amide bonds. The average Bonchev–Trinajstić information content (AvgIpc) is 3.07. The summed E-state index contributed by atoms with van der Waals surface area (Å²) in [6.45, 7) is 7.77. The number of ether oxygens (including phenoxy) is 3. The van der Waals surface area contributed by atoms with Crippen LogP contribution >= 0.6 is 0 Å². The largest absolute Gasteiger partial charge is 0.467 e. The highest BCUT2D eigenvalue weighted by atomic mass is 16.7. The first-order valence-electron chi connectivity index (χ1n) is 12.0. The second-order valence-electron chi connectivity index (χ2n) is 10.3. The van der Waals surface area contributed by atoms with Gasteiger partial charge < -0.3 is 19.5 Å². The molecule has 6 rings (SSSR count). The summed E-state index contributed by atoms with van der Waals surface area (Å²) in [4.78, 5) is 15.3. The van der Waals surface area contributed by atoms with Gasteiger partial charge in [0.15, 0.2) is 6.79 Å². The van der Waals surface area contributed by atoms with Crippen molar-refractivity contribution in [2.75, 3.05) is 33.5 Å². The van der Waals surface area contributed by atoms with E-state index in [0.29, 0.717) is 5.92 Å². The normalized spacial score (nSPS) is 27.1. The first kappa shape index (κ1) is 22.2. The fourth-order valence-electron chi connectivity index (χ4n) is 5.78. The van der Waals surface area contributed by atoms with Crippen LogP contribution in [0, 0.1) is 11.3 Å². The summed E-state index contributed by atoms with van der Waals surface area (Å²) >= 11 is 0. The van der Waals surface area contributed by atoms with E-state index < -0.39 is 0 Å². The van der Waals surface area contributed by atoms with Crippen LogP contribution in [0.15, 0.2) is 42.5 Å².